The molecule has 23 heavy (non-hydrogen) atoms. The highest BCUT2D eigenvalue weighted by Gasteiger charge is 2.16. The van der Waals surface area contributed by atoms with Gasteiger partial charge in [-0.05, 0) is 36.8 Å². The number of aryl methyl sites for hydroxylation is 1. The van der Waals surface area contributed by atoms with Gasteiger partial charge in [-0.2, -0.15) is 5.10 Å². The number of hydrogen-bond acceptors (Lipinski definition) is 4. The van der Waals surface area contributed by atoms with Crippen LogP contribution in [-0.4, -0.2) is 26.6 Å². The first-order chi connectivity index (χ1) is 11.0. The van der Waals surface area contributed by atoms with Crippen LogP contribution in [0.15, 0.2) is 47.7 Å². The number of carbonyl (C=O) groups excluding carboxylic acids is 1. The Morgan fingerprint density at radius 2 is 2.22 bits per heavy atom. The number of phenolic OH excluding ortho intramolecular Hbond substituents is 1. The Kier molecular flexibility index (Phi) is 3.99. The van der Waals surface area contributed by atoms with Crippen LogP contribution in [0.2, 0.25) is 5.02 Å². The van der Waals surface area contributed by atoms with Crippen molar-refractivity contribution in [2.75, 3.05) is 0 Å². The number of aromatic hydroxyl groups is 1. The molecule has 2 N–H and O–H groups in total. The Bertz CT molecular complexity index is 918. The van der Waals surface area contributed by atoms with Gasteiger partial charge < -0.3 is 5.11 Å². The van der Waals surface area contributed by atoms with Crippen molar-refractivity contribution in [1.29, 1.82) is 0 Å². The van der Waals surface area contributed by atoms with E-state index >= 15 is 0 Å². The lowest BCUT2D eigenvalue weighted by Gasteiger charge is -2.02. The number of rotatable bonds is 3. The molecule has 1 aromatic carbocycles. The van der Waals surface area contributed by atoms with Crippen LogP contribution < -0.4 is 5.43 Å². The zero-order chi connectivity index (χ0) is 16.4. The van der Waals surface area contributed by atoms with Crippen molar-refractivity contribution < 1.29 is 9.90 Å². The number of aromatic nitrogens is 2. The first kappa shape index (κ1) is 15.1. The molecule has 0 atom stereocenters. The van der Waals surface area contributed by atoms with Crippen LogP contribution in [0.5, 0.6) is 5.75 Å². The first-order valence-corrected chi connectivity index (χ1v) is 7.19. The lowest BCUT2D eigenvalue weighted by atomic mass is 10.2. The molecular formula is C16H13ClN4O2. The fourth-order valence-electron chi connectivity index (χ4n) is 2.23. The molecule has 0 spiro atoms. The third-order valence-corrected chi connectivity index (χ3v) is 3.45. The highest BCUT2D eigenvalue weighted by molar-refractivity contribution is 6.30. The number of halogens is 1. The summed E-state index contributed by atoms with van der Waals surface area (Å²) in [4.78, 5) is 16.6. The zero-order valence-corrected chi connectivity index (χ0v) is 12.9. The molecule has 0 aliphatic heterocycles. The molecule has 2 aromatic heterocycles. The molecule has 0 saturated carbocycles. The van der Waals surface area contributed by atoms with Gasteiger partial charge in [0.2, 0.25) is 0 Å². The van der Waals surface area contributed by atoms with Gasteiger partial charge in [0.05, 0.1) is 16.9 Å². The van der Waals surface area contributed by atoms with E-state index < -0.39 is 5.91 Å². The number of pyridine rings is 1. The minimum Gasteiger partial charge on any atom is -0.508 e. The Hall–Kier alpha value is -2.86. The molecule has 6 nitrogen and oxygen atoms in total. The smallest absolute Gasteiger partial charge is 0.290 e. The second kappa shape index (κ2) is 6.10. The van der Waals surface area contributed by atoms with Crippen LogP contribution in [0.3, 0.4) is 0 Å². The van der Waals surface area contributed by atoms with E-state index in [9.17, 15) is 9.90 Å². The number of amides is 1. The number of hydrazone groups is 1. The number of phenols is 1. The van der Waals surface area contributed by atoms with E-state index in [-0.39, 0.29) is 5.75 Å². The Morgan fingerprint density at radius 1 is 1.39 bits per heavy atom. The van der Waals surface area contributed by atoms with Gasteiger partial charge in [0.15, 0.2) is 0 Å². The number of hydrogen-bond donors (Lipinski definition) is 2. The maximum absolute atomic E-state index is 12.3. The molecule has 2 heterocycles. The highest BCUT2D eigenvalue weighted by Crippen LogP contribution is 2.16. The van der Waals surface area contributed by atoms with Crippen LogP contribution in [0.1, 0.15) is 21.7 Å². The topological polar surface area (TPSA) is 79.0 Å². The van der Waals surface area contributed by atoms with Gasteiger partial charge in [0.1, 0.15) is 17.1 Å². The van der Waals surface area contributed by atoms with E-state index in [1.54, 1.807) is 47.9 Å². The summed E-state index contributed by atoms with van der Waals surface area (Å²) in [6.07, 6.45) is 3.08. The molecule has 0 aliphatic rings. The summed E-state index contributed by atoms with van der Waals surface area (Å²) >= 11 is 5.97. The molecule has 7 heteroatoms. The predicted molar refractivity (Wildman–Crippen MR) is 88.1 cm³/mol. The van der Waals surface area contributed by atoms with E-state index in [4.69, 9.17) is 11.6 Å². The molecule has 1 amide bonds. The summed E-state index contributed by atoms with van der Waals surface area (Å²) in [7, 11) is 0. The van der Waals surface area contributed by atoms with Gasteiger partial charge in [0, 0.05) is 6.20 Å². The van der Waals surface area contributed by atoms with Crippen molar-refractivity contribution in [1.82, 2.24) is 14.8 Å². The van der Waals surface area contributed by atoms with Crippen molar-refractivity contribution in [3.8, 4) is 5.75 Å². The average molecular weight is 329 g/mol. The van der Waals surface area contributed by atoms with Gasteiger partial charge in [0.25, 0.3) is 5.91 Å². The summed E-state index contributed by atoms with van der Waals surface area (Å²) in [6.45, 7) is 1.74. The number of nitrogens with one attached hydrogen (secondary N) is 1. The normalized spacial score (nSPS) is 11.2. The van der Waals surface area contributed by atoms with Crippen LogP contribution in [0.25, 0.3) is 5.65 Å². The third kappa shape index (κ3) is 3.17. The van der Waals surface area contributed by atoms with Gasteiger partial charge in [-0.15, -0.1) is 0 Å². The summed E-state index contributed by atoms with van der Waals surface area (Å²) < 4.78 is 1.62. The number of fused-ring (bicyclic) bond motifs is 1. The molecular weight excluding hydrogens is 316 g/mol. The maximum atomic E-state index is 12.3. The van der Waals surface area contributed by atoms with Crippen molar-refractivity contribution in [2.24, 2.45) is 5.10 Å². The Labute approximate surface area is 137 Å². The quantitative estimate of drug-likeness (QED) is 0.573. The van der Waals surface area contributed by atoms with Gasteiger partial charge in [-0.3, -0.25) is 9.20 Å². The minimum absolute atomic E-state index is 0.132. The summed E-state index contributed by atoms with van der Waals surface area (Å²) in [6, 6.07) is 9.99. The molecule has 3 aromatic rings. The summed E-state index contributed by atoms with van der Waals surface area (Å²) in [5, 5.41) is 13.8. The second-order valence-corrected chi connectivity index (χ2v) is 5.35. The van der Waals surface area contributed by atoms with Gasteiger partial charge >= 0.3 is 0 Å². The lowest BCUT2D eigenvalue weighted by molar-refractivity contribution is 0.0948. The van der Waals surface area contributed by atoms with Gasteiger partial charge in [-0.25, -0.2) is 10.4 Å². The fraction of sp³-hybridized carbons (Fsp3) is 0.0625. The van der Waals surface area contributed by atoms with Gasteiger partial charge in [-0.1, -0.05) is 23.7 Å². The van der Waals surface area contributed by atoms with Crippen molar-refractivity contribution >= 4 is 29.4 Å². The first-order valence-electron chi connectivity index (χ1n) is 6.81. The zero-order valence-electron chi connectivity index (χ0n) is 12.2. The van der Waals surface area contributed by atoms with E-state index in [0.29, 0.717) is 27.6 Å². The van der Waals surface area contributed by atoms with Crippen molar-refractivity contribution in [2.45, 2.75) is 6.92 Å². The minimum atomic E-state index is -0.395. The molecule has 0 unspecified atom stereocenters. The molecule has 0 bridgehead atoms. The molecule has 0 saturated heterocycles. The van der Waals surface area contributed by atoms with Crippen LogP contribution in [0, 0.1) is 6.92 Å². The summed E-state index contributed by atoms with van der Waals surface area (Å²) in [5.74, 6) is -0.263. The van der Waals surface area contributed by atoms with E-state index in [2.05, 4.69) is 15.5 Å². The fourth-order valence-corrected chi connectivity index (χ4v) is 2.39. The molecule has 3 rings (SSSR count). The van der Waals surface area contributed by atoms with Crippen LogP contribution in [-0.2, 0) is 0 Å². The number of carbonyl (C=O) groups is 1. The van der Waals surface area contributed by atoms with E-state index in [0.717, 1.165) is 0 Å². The molecule has 0 aliphatic carbocycles. The largest absolute Gasteiger partial charge is 0.508 e. The SMILES string of the molecule is Cc1nc2ccc(Cl)cn2c1C(=O)N/N=C\c1cccc(O)c1. The highest BCUT2D eigenvalue weighted by atomic mass is 35.5. The Morgan fingerprint density at radius 3 is 3.00 bits per heavy atom. The summed E-state index contributed by atoms with van der Waals surface area (Å²) in [5.41, 5.74) is 4.71. The molecule has 0 fully saturated rings. The van der Waals surface area contributed by atoms with Crippen LogP contribution in [0.4, 0.5) is 0 Å². The third-order valence-electron chi connectivity index (χ3n) is 3.22. The lowest BCUT2D eigenvalue weighted by Crippen LogP contribution is -2.20. The Balaban J connectivity index is 1.84. The second-order valence-electron chi connectivity index (χ2n) is 4.92. The number of benzene rings is 1. The van der Waals surface area contributed by atoms with E-state index in [1.807, 2.05) is 0 Å². The van der Waals surface area contributed by atoms with E-state index in [1.165, 1.54) is 12.3 Å². The monoisotopic (exact) mass is 328 g/mol. The average Bonchev–Trinajstić information content (AvgIpc) is 2.82. The predicted octanol–water partition coefficient (Wildman–Crippen LogP) is 2.77. The molecule has 116 valence electrons. The molecule has 0 radical (unpaired) electrons. The van der Waals surface area contributed by atoms with Crippen LogP contribution >= 0.6 is 11.6 Å². The number of imidazole rings is 1. The van der Waals surface area contributed by atoms with Crippen molar-refractivity contribution in [3.63, 3.8) is 0 Å². The maximum Gasteiger partial charge on any atom is 0.290 e. The van der Waals surface area contributed by atoms with Crippen molar-refractivity contribution in [3.05, 3.63) is 64.6 Å². The number of nitrogens with zero attached hydrogens (tertiary/aromatic N) is 3. The standard InChI is InChI=1S/C16H13ClN4O2/c1-10-15(21-9-12(17)5-6-14(21)19-10)16(23)20-18-8-11-3-2-4-13(22)7-11/h2-9,22H,1H3,(H,20,23)/b18-8-.